The van der Waals surface area contributed by atoms with Crippen LogP contribution in [0, 0.1) is 6.92 Å². The van der Waals surface area contributed by atoms with Crippen molar-refractivity contribution in [2.24, 2.45) is 0 Å². The molecular formula is C48H31BN2O4. The smallest absolute Gasteiger partial charge is 0.252 e. The molecule has 3 aliphatic rings. The van der Waals surface area contributed by atoms with Crippen molar-refractivity contribution in [2.75, 3.05) is 16.6 Å². The number of hydrogen-bond acceptors (Lipinski definition) is 6. The van der Waals surface area contributed by atoms with E-state index in [4.69, 9.17) is 18.3 Å². The molecule has 55 heavy (non-hydrogen) atoms. The number of nitrogens with zero attached hydrogens (tertiary/aromatic N) is 2. The average molecular weight is 711 g/mol. The van der Waals surface area contributed by atoms with Crippen LogP contribution in [0.3, 0.4) is 0 Å². The van der Waals surface area contributed by atoms with E-state index in [0.717, 1.165) is 95.8 Å². The largest absolute Gasteiger partial charge is 0.456 e. The zero-order chi connectivity index (χ0) is 36.2. The molecule has 0 aliphatic carbocycles. The molecule has 6 nitrogen and oxygen atoms in total. The van der Waals surface area contributed by atoms with Gasteiger partial charge in [0.05, 0.1) is 0 Å². The second-order valence-electron chi connectivity index (χ2n) is 14.5. The molecule has 0 saturated carbocycles. The Morgan fingerprint density at radius 3 is 1.78 bits per heavy atom. The molecule has 0 radical (unpaired) electrons. The molecule has 0 amide bonds. The number of benzene rings is 7. The van der Waals surface area contributed by atoms with E-state index in [2.05, 4.69) is 138 Å². The van der Waals surface area contributed by atoms with Gasteiger partial charge in [0.25, 0.3) is 6.71 Å². The second kappa shape index (κ2) is 11.4. The van der Waals surface area contributed by atoms with Crippen LogP contribution in [0.5, 0.6) is 11.5 Å². The van der Waals surface area contributed by atoms with E-state index < -0.39 is 0 Å². The number of para-hydroxylation sites is 3. The van der Waals surface area contributed by atoms with Crippen LogP contribution >= 0.6 is 0 Å². The third-order valence-corrected chi connectivity index (χ3v) is 11.2. The van der Waals surface area contributed by atoms with Crippen molar-refractivity contribution in [1.82, 2.24) is 0 Å². The zero-order valence-electron chi connectivity index (χ0n) is 29.8. The number of hydrogen-bond donors (Lipinski definition) is 0. The predicted molar refractivity (Wildman–Crippen MR) is 222 cm³/mol. The molecule has 0 N–H and O–H groups in total. The summed E-state index contributed by atoms with van der Waals surface area (Å²) in [5, 5.41) is 2.16. The number of aryl methyl sites for hydroxylation is 1. The van der Waals surface area contributed by atoms with Crippen molar-refractivity contribution in [3.63, 3.8) is 0 Å². The molecule has 0 spiro atoms. The van der Waals surface area contributed by atoms with Gasteiger partial charge >= 0.3 is 0 Å². The van der Waals surface area contributed by atoms with Gasteiger partial charge in [-0.2, -0.15) is 0 Å². The second-order valence-corrected chi connectivity index (χ2v) is 14.5. The fourth-order valence-electron chi connectivity index (χ4n) is 8.85. The Bertz CT molecular complexity index is 2950. The molecule has 2 aromatic heterocycles. The Hall–Kier alpha value is -7.12. The maximum atomic E-state index is 6.47. The number of fused-ring (bicyclic) bond motifs is 7. The van der Waals surface area contributed by atoms with E-state index in [1.54, 1.807) is 0 Å². The highest BCUT2D eigenvalue weighted by atomic mass is 16.7. The van der Waals surface area contributed by atoms with Gasteiger partial charge in [0.15, 0.2) is 11.5 Å². The van der Waals surface area contributed by atoms with Crippen molar-refractivity contribution >= 4 is 79.2 Å². The van der Waals surface area contributed by atoms with Crippen LogP contribution in [0.4, 0.5) is 34.1 Å². The summed E-state index contributed by atoms with van der Waals surface area (Å²) in [6, 6.07) is 55.7. The number of rotatable bonds is 4. The van der Waals surface area contributed by atoms with Gasteiger partial charge in [0, 0.05) is 62.1 Å². The van der Waals surface area contributed by atoms with E-state index in [-0.39, 0.29) is 13.5 Å². The van der Waals surface area contributed by atoms with Gasteiger partial charge in [-0.05, 0) is 102 Å². The third-order valence-electron chi connectivity index (χ3n) is 11.2. The third kappa shape index (κ3) is 4.56. The molecule has 12 rings (SSSR count). The van der Waals surface area contributed by atoms with Crippen LogP contribution in [0.25, 0.3) is 44.6 Å². The first-order chi connectivity index (χ1) is 27.1. The van der Waals surface area contributed by atoms with Crippen molar-refractivity contribution in [1.29, 1.82) is 0 Å². The lowest BCUT2D eigenvalue weighted by Gasteiger charge is -2.44. The Labute approximate surface area is 317 Å². The molecule has 0 bridgehead atoms. The highest BCUT2D eigenvalue weighted by Gasteiger charge is 2.44. The van der Waals surface area contributed by atoms with E-state index >= 15 is 0 Å². The predicted octanol–water partition coefficient (Wildman–Crippen LogP) is 10.6. The van der Waals surface area contributed by atoms with Crippen molar-refractivity contribution in [2.45, 2.75) is 6.92 Å². The highest BCUT2D eigenvalue weighted by molar-refractivity contribution is 7.00. The minimum Gasteiger partial charge on any atom is -0.456 e. The maximum absolute atomic E-state index is 6.47. The first-order valence-corrected chi connectivity index (χ1v) is 18.6. The first-order valence-electron chi connectivity index (χ1n) is 18.6. The molecule has 0 unspecified atom stereocenters. The topological polar surface area (TPSA) is 51.2 Å². The molecule has 0 atom stereocenters. The van der Waals surface area contributed by atoms with Crippen LogP contribution in [0.2, 0.25) is 0 Å². The Kier molecular flexibility index (Phi) is 6.32. The van der Waals surface area contributed by atoms with Gasteiger partial charge in [-0.25, -0.2) is 0 Å². The number of ether oxygens (including phenoxy) is 2. The fraction of sp³-hybridized carbons (Fsp3) is 0.0417. The first kappa shape index (κ1) is 30.4. The minimum atomic E-state index is -0.0791. The summed E-state index contributed by atoms with van der Waals surface area (Å²) in [7, 11) is 0. The molecule has 260 valence electrons. The van der Waals surface area contributed by atoms with Crippen LogP contribution < -0.4 is 35.7 Å². The van der Waals surface area contributed by atoms with Gasteiger partial charge in [-0.3, -0.25) is 0 Å². The fourth-order valence-corrected chi connectivity index (χ4v) is 8.85. The quantitative estimate of drug-likeness (QED) is 0.170. The van der Waals surface area contributed by atoms with Crippen molar-refractivity contribution < 1.29 is 18.3 Å². The van der Waals surface area contributed by atoms with Crippen molar-refractivity contribution in [3.8, 4) is 34.1 Å². The SMILES string of the molecule is Cc1cc2c3c(c1)N(c1ccccc1)c1cc4c(cc1B3c1ccc(-c3cc5ccccc5o3)cc1N2c1cccc(-c2cc3ccccc3o2)c1)OCO4. The van der Waals surface area contributed by atoms with E-state index in [1.807, 2.05) is 36.4 Å². The molecule has 3 aliphatic heterocycles. The zero-order valence-corrected chi connectivity index (χ0v) is 29.8. The normalized spacial score (nSPS) is 13.7. The van der Waals surface area contributed by atoms with Crippen LogP contribution in [0.1, 0.15) is 5.56 Å². The summed E-state index contributed by atoms with van der Waals surface area (Å²) in [6.07, 6.45) is 0. The molecule has 5 heterocycles. The summed E-state index contributed by atoms with van der Waals surface area (Å²) in [4.78, 5) is 4.81. The lowest BCUT2D eigenvalue weighted by molar-refractivity contribution is 0.174. The van der Waals surface area contributed by atoms with Gasteiger partial charge in [-0.1, -0.05) is 78.9 Å². The number of furan rings is 2. The summed E-state index contributed by atoms with van der Waals surface area (Å²) < 4.78 is 24.9. The van der Waals surface area contributed by atoms with E-state index in [0.29, 0.717) is 0 Å². The van der Waals surface area contributed by atoms with E-state index in [1.165, 1.54) is 16.4 Å². The minimum absolute atomic E-state index is 0.0791. The van der Waals surface area contributed by atoms with Crippen LogP contribution in [-0.2, 0) is 0 Å². The average Bonchev–Trinajstić information content (AvgIpc) is 3.98. The molecular weight excluding hydrogens is 679 g/mol. The Morgan fingerprint density at radius 1 is 0.473 bits per heavy atom. The molecule has 9 aromatic rings. The van der Waals surface area contributed by atoms with Gasteiger partial charge in [0.2, 0.25) is 6.79 Å². The maximum Gasteiger partial charge on any atom is 0.252 e. The molecule has 7 heteroatoms. The van der Waals surface area contributed by atoms with Gasteiger partial charge < -0.3 is 28.1 Å². The standard InChI is InChI=1S/C48H31BN2O4/c1-29-20-40-48-41(21-29)51(35-15-9-12-30(22-35)44-24-31-10-5-7-16-42(31)54-44)38-23-33(45-25-32-11-6-8-17-43(32)55-45)18-19-36(38)49(48)37-26-46-47(53-28-52-46)27-39(37)50(40)34-13-3-2-4-14-34/h2-27H,28H2,1H3. The molecule has 0 saturated heterocycles. The number of anilines is 6. The highest BCUT2D eigenvalue weighted by Crippen LogP contribution is 2.48. The van der Waals surface area contributed by atoms with Gasteiger partial charge in [-0.15, -0.1) is 0 Å². The van der Waals surface area contributed by atoms with Gasteiger partial charge in [0.1, 0.15) is 22.7 Å². The summed E-state index contributed by atoms with van der Waals surface area (Å²) >= 11 is 0. The Morgan fingerprint density at radius 2 is 1.07 bits per heavy atom. The monoisotopic (exact) mass is 710 g/mol. The summed E-state index contributed by atoms with van der Waals surface area (Å²) in [5.74, 6) is 3.20. The molecule has 7 aromatic carbocycles. The van der Waals surface area contributed by atoms with E-state index in [9.17, 15) is 0 Å². The lowest BCUT2D eigenvalue weighted by Crippen LogP contribution is -2.61. The van der Waals surface area contributed by atoms with Crippen LogP contribution in [0.15, 0.2) is 167 Å². The van der Waals surface area contributed by atoms with Crippen molar-refractivity contribution in [3.05, 3.63) is 163 Å². The summed E-state index contributed by atoms with van der Waals surface area (Å²) in [6.45, 7) is 2.32. The lowest BCUT2D eigenvalue weighted by atomic mass is 9.33. The summed E-state index contributed by atoms with van der Waals surface area (Å²) in [5.41, 5.74) is 15.1. The molecule has 0 fully saturated rings. The van der Waals surface area contributed by atoms with Crippen LogP contribution in [-0.4, -0.2) is 13.5 Å². The Balaban J connectivity index is 1.14.